The zero-order valence-electron chi connectivity index (χ0n) is 42.9. The van der Waals surface area contributed by atoms with Crippen molar-refractivity contribution in [2.24, 2.45) is 104 Å². The van der Waals surface area contributed by atoms with Gasteiger partial charge in [0, 0.05) is 54.4 Å². The van der Waals surface area contributed by atoms with Crippen LogP contribution < -0.4 is 16.8 Å². The lowest BCUT2D eigenvalue weighted by Crippen LogP contribution is -2.70. The first-order valence-electron chi connectivity index (χ1n) is 27.3. The number of ether oxygens (including phenoxy) is 1. The number of rotatable bonds is 8. The fourth-order valence-electron chi connectivity index (χ4n) is 18.2. The fourth-order valence-corrected chi connectivity index (χ4v) is 18.2. The molecule has 0 radical (unpaired) electrons. The van der Waals surface area contributed by atoms with Gasteiger partial charge in [-0.3, -0.25) is 19.4 Å². The molecule has 15 heteroatoms. The quantitative estimate of drug-likeness (QED) is 0.0581. The molecule has 72 heavy (non-hydrogen) atoms. The van der Waals surface area contributed by atoms with E-state index in [-0.39, 0.29) is 98.4 Å². The number of aliphatic imine (C=N–C) groups is 1. The maximum atomic E-state index is 15.4. The molecule has 1 aliphatic heterocycles. The Hall–Kier alpha value is -4.04. The number of nitrogens with zero attached hydrogens (tertiary/aromatic N) is 1. The molecule has 8 aliphatic carbocycles. The predicted octanol–water partition coefficient (Wildman–Crippen LogP) is 4.01. The lowest BCUT2D eigenvalue weighted by Gasteiger charge is -2.68. The van der Waals surface area contributed by atoms with Gasteiger partial charge in [0.05, 0.1) is 54.3 Å². The van der Waals surface area contributed by atoms with Crippen molar-refractivity contribution >= 4 is 23.5 Å². The maximum absolute atomic E-state index is 15.4. The molecule has 0 unspecified atom stereocenters. The molecule has 2 heterocycles. The summed E-state index contributed by atoms with van der Waals surface area (Å²) in [6, 6.07) is 0.760. The Labute approximate surface area is 424 Å². The number of hydrogen-bond donors (Lipinski definition) is 10. The number of aromatic amines is 1. The molecule has 1 aromatic heterocycles. The summed E-state index contributed by atoms with van der Waals surface area (Å²) < 4.78 is 5.93. The number of hydrogen-bond acceptors (Lipinski definition) is 12. The number of nitrogens with two attached hydrogens (primary N) is 2. The zero-order chi connectivity index (χ0) is 51.4. The second-order valence-electron chi connectivity index (χ2n) is 25.2. The topological polar surface area (TPSA) is 274 Å². The van der Waals surface area contributed by atoms with Gasteiger partial charge in [0.15, 0.2) is 17.5 Å². The minimum absolute atomic E-state index is 0.0128. The Morgan fingerprint density at radius 1 is 0.986 bits per heavy atom. The summed E-state index contributed by atoms with van der Waals surface area (Å²) in [5.41, 5.74) is 9.11. The Balaban J connectivity index is 1.17. The van der Waals surface area contributed by atoms with Crippen LogP contribution in [0.15, 0.2) is 46.4 Å². The third kappa shape index (κ3) is 8.05. The van der Waals surface area contributed by atoms with E-state index >= 15 is 4.79 Å². The number of guanidine groups is 1. The number of Topliss-reactive ketones (excluding diaryl/α,β-unsaturated/α-hetero) is 2. The van der Waals surface area contributed by atoms with Crippen LogP contribution in [0, 0.1) is 99.6 Å². The van der Waals surface area contributed by atoms with Gasteiger partial charge in [-0.1, -0.05) is 38.3 Å². The summed E-state index contributed by atoms with van der Waals surface area (Å²) in [5, 5.41) is 77.8. The average molecular weight is 996 g/mol. The number of carbonyl (C=O) groups is 3. The van der Waals surface area contributed by atoms with E-state index < -0.39 is 100 Å². The summed E-state index contributed by atoms with van der Waals surface area (Å²) in [6.07, 6.45) is 9.66. The number of fused-ring (bicyclic) bond motifs is 10. The number of aliphatic hydroxyl groups excluding tert-OH is 4. The van der Waals surface area contributed by atoms with E-state index in [2.05, 4.69) is 47.1 Å². The number of aliphatic hydroxyl groups is 6. The summed E-state index contributed by atoms with van der Waals surface area (Å²) in [5.74, 6) is 3.16. The average Bonchev–Trinajstić information content (AvgIpc) is 4.05. The minimum atomic E-state index is -1.89. The lowest BCUT2D eigenvalue weighted by atomic mass is 9.37. The van der Waals surface area contributed by atoms with E-state index in [1.165, 1.54) is 12.5 Å². The molecule has 10 rings (SSSR count). The number of H-pyrrole nitrogens is 1. The van der Waals surface area contributed by atoms with E-state index in [1.54, 1.807) is 6.92 Å². The van der Waals surface area contributed by atoms with Gasteiger partial charge in [-0.25, -0.2) is 0 Å². The van der Waals surface area contributed by atoms with Crippen LogP contribution in [0.25, 0.3) is 0 Å². The van der Waals surface area contributed by atoms with Crippen LogP contribution in [0.3, 0.4) is 0 Å². The Morgan fingerprint density at radius 2 is 1.76 bits per heavy atom. The molecule has 15 nitrogen and oxygen atoms in total. The van der Waals surface area contributed by atoms with Gasteiger partial charge in [-0.2, -0.15) is 0 Å². The van der Waals surface area contributed by atoms with Crippen LogP contribution in [0.1, 0.15) is 130 Å². The van der Waals surface area contributed by atoms with Crippen LogP contribution in [-0.2, 0) is 19.1 Å². The molecule has 1 aromatic rings. The second kappa shape index (κ2) is 19.0. The monoisotopic (exact) mass is 996 g/mol. The van der Waals surface area contributed by atoms with Crippen LogP contribution in [0.4, 0.5) is 0 Å². The molecule has 0 aromatic carbocycles. The van der Waals surface area contributed by atoms with Crippen molar-refractivity contribution in [1.29, 1.82) is 0 Å². The number of allylic oxidation sites excluding steroid dienone is 3. The summed E-state index contributed by atoms with van der Waals surface area (Å²) >= 11 is 0. The van der Waals surface area contributed by atoms with Crippen molar-refractivity contribution in [3.8, 4) is 11.8 Å². The van der Waals surface area contributed by atoms with Gasteiger partial charge >= 0.3 is 5.97 Å². The number of nitrogens with one attached hydrogen (secondary N) is 2. The minimum Gasteiger partial charge on any atom is -0.465 e. The van der Waals surface area contributed by atoms with Crippen LogP contribution in [0.5, 0.6) is 0 Å². The van der Waals surface area contributed by atoms with Crippen LogP contribution >= 0.6 is 0 Å². The molecule has 2 bridgehead atoms. The highest BCUT2D eigenvalue weighted by molar-refractivity contribution is 6.00. The highest BCUT2D eigenvalue weighted by Crippen LogP contribution is 2.77. The molecule has 5 saturated carbocycles. The maximum Gasteiger partial charge on any atom is 0.313 e. The molecular weight excluding hydrogens is 915 g/mol. The van der Waals surface area contributed by atoms with Gasteiger partial charge in [-0.05, 0) is 167 Å². The lowest BCUT2D eigenvalue weighted by molar-refractivity contribution is -0.227. The predicted molar refractivity (Wildman–Crippen MR) is 269 cm³/mol. The largest absolute Gasteiger partial charge is 0.465 e. The summed E-state index contributed by atoms with van der Waals surface area (Å²) in [6.45, 7) is 9.32. The van der Waals surface area contributed by atoms with Gasteiger partial charge in [0.1, 0.15) is 6.04 Å². The first kappa shape index (κ1) is 51.4. The van der Waals surface area contributed by atoms with E-state index in [4.69, 9.17) is 16.2 Å². The van der Waals surface area contributed by atoms with Crippen molar-refractivity contribution in [3.05, 3.63) is 46.9 Å². The summed E-state index contributed by atoms with van der Waals surface area (Å²) in [7, 11) is 0. The third-order valence-corrected chi connectivity index (χ3v) is 21.4. The first-order valence-corrected chi connectivity index (χ1v) is 27.3. The molecule has 12 N–H and O–H groups in total. The van der Waals surface area contributed by atoms with Crippen molar-refractivity contribution in [2.45, 2.75) is 160 Å². The highest BCUT2D eigenvalue weighted by Gasteiger charge is 2.78. The molecule has 1 spiro atoms. The van der Waals surface area contributed by atoms with Crippen LogP contribution in [0.2, 0.25) is 0 Å². The third-order valence-electron chi connectivity index (χ3n) is 21.4. The van der Waals surface area contributed by atoms with Crippen molar-refractivity contribution in [3.63, 3.8) is 0 Å². The number of cyclic esters (lactones) is 1. The Kier molecular flexibility index (Phi) is 13.5. The second-order valence-corrected chi connectivity index (χ2v) is 25.2. The number of carbonyl (C=O) groups excluding carboxylic acids is 3. The van der Waals surface area contributed by atoms with Gasteiger partial charge in [-0.15, -0.1) is 5.92 Å². The van der Waals surface area contributed by atoms with E-state index in [0.29, 0.717) is 36.7 Å². The fraction of sp³-hybridized carbons (Fsp3) is 0.754. The van der Waals surface area contributed by atoms with E-state index in [9.17, 15) is 40.2 Å². The number of ketones is 2. The number of esters is 1. The SMILES string of the molecule is CC(=O)[C@H](CO)NC1=C2[C@H]([C@H]3CC[C@H](CN=C(N)N)[C@@]4(C3)[C@@H]3[C@H](CC#C[C@@H]([C@@H]5COC(=O)[C@@H]5c5cc[nH]c5)C[C@H]5[C@@H](CC=C6CC[C@H](C)C[C@H]65)[C@H](C)C[C@@H](O)[C@]3(C)O)C[C@@]24O)[C@@]2(C)C[C@H](O)[C@H](O)C[C@H]2C1=O. The number of aromatic nitrogens is 1. The smallest absolute Gasteiger partial charge is 0.313 e. The molecule has 6 fully saturated rings. The van der Waals surface area contributed by atoms with Crippen LogP contribution in [-0.4, -0.2) is 114 Å². The molecule has 1 saturated heterocycles. The molecular formula is C57H81N5O10. The normalized spacial score (nSPS) is 47.1. The van der Waals surface area contributed by atoms with Crippen molar-refractivity contribution in [2.75, 3.05) is 19.8 Å². The van der Waals surface area contributed by atoms with Crippen molar-refractivity contribution < 1.29 is 49.8 Å². The van der Waals surface area contributed by atoms with Gasteiger partial charge < -0.3 is 57.1 Å². The highest BCUT2D eigenvalue weighted by atomic mass is 16.5. The molecule has 9 aliphatic rings. The van der Waals surface area contributed by atoms with Gasteiger partial charge in [0.2, 0.25) is 0 Å². The Bertz CT molecular complexity index is 2440. The molecule has 0 amide bonds. The first-order chi connectivity index (χ1) is 34.2. The summed E-state index contributed by atoms with van der Waals surface area (Å²) in [4.78, 5) is 50.1. The Morgan fingerprint density at radius 3 is 2.47 bits per heavy atom. The van der Waals surface area contributed by atoms with E-state index in [1.807, 2.05) is 25.4 Å². The molecule has 22 atom stereocenters. The van der Waals surface area contributed by atoms with Gasteiger partial charge in [0.25, 0.3) is 0 Å². The zero-order valence-corrected chi connectivity index (χ0v) is 42.9. The van der Waals surface area contributed by atoms with Crippen molar-refractivity contribution in [1.82, 2.24) is 10.3 Å². The molecule has 394 valence electrons. The standard InChI is InChI=1S/C57H81N5O10/c1-28-9-10-31-12-14-37-29(2)18-45(67)55(5,70)51-34(8-6-7-32(19-39(37)38(31)17-28)40-27-72-52(69)46(40)35-15-16-60-24-35)22-57(71)48-47(33-11-13-36(25-61-53(58)59)56(51,57)21-33)54(4)23-44(66)43(65)20-41(54)50(68)49(48)62-42(26-63)30(3)64/h12,15-16,24,28-29,32-34,36-47,51,60,62-63,65-67,70-71H,8-11,13-14,17-23,25-27H2,1-5H3,(H4,58,59,61)/t28-,29+,32+,33-,34+,36+,37-,38+,39-,40-,41-,42-,43+,44-,45+,46+,47-,51+,54-,55-,56-,57+/m0/s1. The van der Waals surface area contributed by atoms with E-state index in [0.717, 1.165) is 37.7 Å².